The van der Waals surface area contributed by atoms with Crippen molar-refractivity contribution in [2.45, 2.75) is 6.92 Å². The second kappa shape index (κ2) is 5.36. The summed E-state index contributed by atoms with van der Waals surface area (Å²) in [5.74, 6) is 1.23. The van der Waals surface area contributed by atoms with Gasteiger partial charge in [0.15, 0.2) is 0 Å². The first-order chi connectivity index (χ1) is 10.2. The van der Waals surface area contributed by atoms with Crippen LogP contribution in [0.5, 0.6) is 11.6 Å². The number of hydrogen-bond donors (Lipinski definition) is 0. The van der Waals surface area contributed by atoms with Crippen LogP contribution in [0.3, 0.4) is 0 Å². The van der Waals surface area contributed by atoms with Gasteiger partial charge in [0.05, 0.1) is 14.2 Å². The molecule has 21 heavy (non-hydrogen) atoms. The molecule has 0 spiro atoms. The van der Waals surface area contributed by atoms with Crippen LogP contribution >= 0.6 is 0 Å². The van der Waals surface area contributed by atoms with E-state index in [2.05, 4.69) is 15.0 Å². The van der Waals surface area contributed by atoms with Crippen molar-refractivity contribution in [1.82, 2.24) is 15.0 Å². The third-order valence-electron chi connectivity index (χ3n) is 3.29. The summed E-state index contributed by atoms with van der Waals surface area (Å²) >= 11 is 0. The zero-order valence-electron chi connectivity index (χ0n) is 12.1. The number of methoxy groups -OCH3 is 2. The highest BCUT2D eigenvalue weighted by Gasteiger charge is 2.14. The van der Waals surface area contributed by atoms with Crippen LogP contribution in [0.1, 0.15) is 5.69 Å². The van der Waals surface area contributed by atoms with E-state index in [4.69, 9.17) is 9.47 Å². The van der Waals surface area contributed by atoms with Gasteiger partial charge in [-0.05, 0) is 25.1 Å². The maximum atomic E-state index is 5.40. The summed E-state index contributed by atoms with van der Waals surface area (Å²) in [6, 6.07) is 7.82. The van der Waals surface area contributed by atoms with Gasteiger partial charge in [-0.1, -0.05) is 6.07 Å². The molecule has 0 aliphatic rings. The number of fused-ring (bicyclic) bond motifs is 1. The molecule has 1 aromatic carbocycles. The van der Waals surface area contributed by atoms with Gasteiger partial charge in [0.25, 0.3) is 0 Å². The second-order valence-electron chi connectivity index (χ2n) is 4.58. The van der Waals surface area contributed by atoms with Gasteiger partial charge in [-0.2, -0.15) is 0 Å². The number of nitrogens with zero attached hydrogens (tertiary/aromatic N) is 3. The van der Waals surface area contributed by atoms with Crippen LogP contribution in [-0.2, 0) is 0 Å². The lowest BCUT2D eigenvalue weighted by Crippen LogP contribution is -1.96. The zero-order chi connectivity index (χ0) is 14.8. The molecule has 3 aromatic rings. The van der Waals surface area contributed by atoms with E-state index in [1.165, 1.54) is 0 Å². The van der Waals surface area contributed by atoms with Gasteiger partial charge in [0, 0.05) is 29.0 Å². The minimum atomic E-state index is 0.490. The molecule has 2 heterocycles. The van der Waals surface area contributed by atoms with Gasteiger partial charge in [-0.15, -0.1) is 0 Å². The number of hydrogen-bond acceptors (Lipinski definition) is 5. The third kappa shape index (κ3) is 2.27. The van der Waals surface area contributed by atoms with Crippen molar-refractivity contribution < 1.29 is 9.47 Å². The highest BCUT2D eigenvalue weighted by atomic mass is 16.5. The SMILES string of the molecule is COc1nccnc1-c1ccc(OC)c2nc(C)ccc12. The lowest BCUT2D eigenvalue weighted by molar-refractivity contribution is 0.398. The molecule has 5 heteroatoms. The van der Waals surface area contributed by atoms with Crippen LogP contribution in [0, 0.1) is 6.92 Å². The van der Waals surface area contributed by atoms with Gasteiger partial charge in [0.1, 0.15) is 17.0 Å². The predicted octanol–water partition coefficient (Wildman–Crippen LogP) is 3.02. The van der Waals surface area contributed by atoms with Crippen molar-refractivity contribution >= 4 is 10.9 Å². The molecule has 0 saturated heterocycles. The molecule has 0 radical (unpaired) electrons. The number of aryl methyl sites for hydroxylation is 1. The summed E-state index contributed by atoms with van der Waals surface area (Å²) in [5.41, 5.74) is 3.35. The fourth-order valence-electron chi connectivity index (χ4n) is 2.32. The second-order valence-corrected chi connectivity index (χ2v) is 4.58. The van der Waals surface area contributed by atoms with Crippen LogP contribution in [0.15, 0.2) is 36.7 Å². The highest BCUT2D eigenvalue weighted by Crippen LogP contribution is 2.35. The summed E-state index contributed by atoms with van der Waals surface area (Å²) in [5, 5.41) is 0.957. The van der Waals surface area contributed by atoms with E-state index in [1.54, 1.807) is 26.6 Å². The summed E-state index contributed by atoms with van der Waals surface area (Å²) in [6.07, 6.45) is 3.26. The Morgan fingerprint density at radius 3 is 2.48 bits per heavy atom. The summed E-state index contributed by atoms with van der Waals surface area (Å²) < 4.78 is 10.7. The van der Waals surface area contributed by atoms with Crippen molar-refractivity contribution in [2.24, 2.45) is 0 Å². The molecule has 0 amide bonds. The molecule has 0 fully saturated rings. The van der Waals surface area contributed by atoms with E-state index in [0.29, 0.717) is 11.6 Å². The average molecular weight is 281 g/mol. The average Bonchev–Trinajstić information content (AvgIpc) is 2.53. The van der Waals surface area contributed by atoms with E-state index in [1.807, 2.05) is 31.2 Å². The predicted molar refractivity (Wildman–Crippen MR) is 80.6 cm³/mol. The van der Waals surface area contributed by atoms with E-state index >= 15 is 0 Å². The Labute approximate surface area is 122 Å². The number of rotatable bonds is 3. The van der Waals surface area contributed by atoms with Crippen LogP contribution in [0.2, 0.25) is 0 Å². The number of benzene rings is 1. The molecule has 0 N–H and O–H groups in total. The topological polar surface area (TPSA) is 57.1 Å². The van der Waals surface area contributed by atoms with Gasteiger partial charge in [0.2, 0.25) is 5.88 Å². The van der Waals surface area contributed by atoms with Gasteiger partial charge < -0.3 is 9.47 Å². The molecule has 3 rings (SSSR count). The Balaban J connectivity index is 2.34. The number of pyridine rings is 1. The van der Waals surface area contributed by atoms with Crippen molar-refractivity contribution in [3.05, 3.63) is 42.4 Å². The Kier molecular flexibility index (Phi) is 3.39. The maximum absolute atomic E-state index is 5.40. The Hall–Kier alpha value is -2.69. The molecule has 0 saturated carbocycles. The number of ether oxygens (including phenoxy) is 2. The molecule has 0 bridgehead atoms. The fraction of sp³-hybridized carbons (Fsp3) is 0.188. The van der Waals surface area contributed by atoms with E-state index in [9.17, 15) is 0 Å². The van der Waals surface area contributed by atoms with Crippen LogP contribution < -0.4 is 9.47 Å². The minimum absolute atomic E-state index is 0.490. The quantitative estimate of drug-likeness (QED) is 0.738. The van der Waals surface area contributed by atoms with Gasteiger partial charge in [-0.25, -0.2) is 15.0 Å². The summed E-state index contributed by atoms with van der Waals surface area (Å²) in [7, 11) is 3.23. The standard InChI is InChI=1S/C16H15N3O2/c1-10-4-5-11-12(6-7-13(20-2)14(11)19-10)15-16(21-3)18-9-8-17-15/h4-9H,1-3H3. The van der Waals surface area contributed by atoms with Crippen LogP contribution in [-0.4, -0.2) is 29.2 Å². The molecular weight excluding hydrogens is 266 g/mol. The highest BCUT2D eigenvalue weighted by molar-refractivity contribution is 5.98. The summed E-state index contributed by atoms with van der Waals surface area (Å²) in [4.78, 5) is 13.2. The van der Waals surface area contributed by atoms with Crippen LogP contribution in [0.25, 0.3) is 22.2 Å². The molecule has 0 aliphatic carbocycles. The normalized spacial score (nSPS) is 10.6. The van der Waals surface area contributed by atoms with Gasteiger partial charge in [-0.3, -0.25) is 0 Å². The minimum Gasteiger partial charge on any atom is -0.494 e. The monoisotopic (exact) mass is 281 g/mol. The molecule has 2 aromatic heterocycles. The molecular formula is C16H15N3O2. The smallest absolute Gasteiger partial charge is 0.240 e. The largest absolute Gasteiger partial charge is 0.494 e. The first-order valence-corrected chi connectivity index (χ1v) is 6.54. The van der Waals surface area contributed by atoms with Crippen molar-refractivity contribution in [3.63, 3.8) is 0 Å². The van der Waals surface area contributed by atoms with Crippen molar-refractivity contribution in [1.29, 1.82) is 0 Å². The molecule has 5 nitrogen and oxygen atoms in total. The van der Waals surface area contributed by atoms with Gasteiger partial charge >= 0.3 is 0 Å². The zero-order valence-corrected chi connectivity index (χ0v) is 12.1. The molecule has 0 aliphatic heterocycles. The summed E-state index contributed by atoms with van der Waals surface area (Å²) in [6.45, 7) is 1.95. The lowest BCUT2D eigenvalue weighted by Gasteiger charge is -2.11. The molecule has 106 valence electrons. The Morgan fingerprint density at radius 2 is 1.71 bits per heavy atom. The van der Waals surface area contributed by atoms with E-state index in [-0.39, 0.29) is 0 Å². The fourth-order valence-corrected chi connectivity index (χ4v) is 2.32. The van der Waals surface area contributed by atoms with E-state index in [0.717, 1.165) is 27.9 Å². The Morgan fingerprint density at radius 1 is 0.905 bits per heavy atom. The lowest BCUT2D eigenvalue weighted by atomic mass is 10.0. The van der Waals surface area contributed by atoms with E-state index < -0.39 is 0 Å². The Bertz CT molecular complexity index is 803. The van der Waals surface area contributed by atoms with Crippen molar-refractivity contribution in [2.75, 3.05) is 14.2 Å². The first kappa shape index (κ1) is 13.3. The molecule has 0 atom stereocenters. The van der Waals surface area contributed by atoms with Crippen molar-refractivity contribution in [3.8, 4) is 22.9 Å². The first-order valence-electron chi connectivity index (χ1n) is 6.54. The maximum Gasteiger partial charge on any atom is 0.240 e. The van der Waals surface area contributed by atoms with Crippen LogP contribution in [0.4, 0.5) is 0 Å². The molecule has 0 unspecified atom stereocenters. The number of aromatic nitrogens is 3. The third-order valence-corrected chi connectivity index (χ3v) is 3.29.